The summed E-state index contributed by atoms with van der Waals surface area (Å²) < 4.78 is 49.1. The highest BCUT2D eigenvalue weighted by Gasteiger charge is 2.27. The quantitative estimate of drug-likeness (QED) is 0.265. The Labute approximate surface area is 257 Å². The normalized spacial score (nSPS) is 14.3. The number of carbonyl (C=O) groups excluding carboxylic acids is 2. The molecule has 1 aliphatic heterocycles. The number of methoxy groups -OCH3 is 1. The number of aryl methyl sites for hydroxylation is 1. The molecule has 0 radical (unpaired) electrons. The van der Waals surface area contributed by atoms with Crippen LogP contribution in [0, 0.1) is 6.92 Å². The predicted octanol–water partition coefficient (Wildman–Crippen LogP) is 4.19. The number of hydrogen-bond acceptors (Lipinski definition) is 8. The van der Waals surface area contributed by atoms with Crippen molar-refractivity contribution in [3.63, 3.8) is 0 Å². The van der Waals surface area contributed by atoms with Crippen molar-refractivity contribution in [3.05, 3.63) is 95.1 Å². The lowest BCUT2D eigenvalue weighted by Gasteiger charge is -2.34. The number of pyridine rings is 1. The Kier molecular flexibility index (Phi) is 9.92. The van der Waals surface area contributed by atoms with E-state index in [1.165, 1.54) is 16.8 Å². The summed E-state index contributed by atoms with van der Waals surface area (Å²) in [5.74, 6) is 0.178. The topological polar surface area (TPSA) is 115 Å². The van der Waals surface area contributed by atoms with Crippen LogP contribution in [0.3, 0.4) is 0 Å². The van der Waals surface area contributed by atoms with Crippen LogP contribution in [-0.4, -0.2) is 87.7 Å². The van der Waals surface area contributed by atoms with Crippen LogP contribution in [0.5, 0.6) is 11.5 Å². The van der Waals surface area contributed by atoms with Crippen molar-refractivity contribution in [1.29, 1.82) is 0 Å². The third kappa shape index (κ3) is 7.95. The number of piperazine rings is 1. The molecule has 236 valence electrons. The van der Waals surface area contributed by atoms with Crippen molar-refractivity contribution in [2.45, 2.75) is 32.8 Å². The lowest BCUT2D eigenvalue weighted by molar-refractivity contribution is -0.0669. The number of aromatic nitrogens is 4. The first-order chi connectivity index (χ1) is 21.7. The molecule has 5 rings (SSSR count). The summed E-state index contributed by atoms with van der Waals surface area (Å²) in [5.41, 5.74) is 3.40. The minimum atomic E-state index is -3.21. The molecule has 1 N–H and O–H groups in total. The monoisotopic (exact) mass is 623 g/mol. The second-order valence-electron chi connectivity index (χ2n) is 10.4. The number of nitrogens with one attached hydrogen (secondary N) is 1. The Morgan fingerprint density at radius 2 is 1.56 bits per heavy atom. The number of amides is 2. The number of halogens is 3. The third-order valence-corrected chi connectivity index (χ3v) is 7.28. The van der Waals surface area contributed by atoms with Gasteiger partial charge in [-0.3, -0.25) is 19.5 Å². The highest BCUT2D eigenvalue weighted by atomic mass is 19.3. The van der Waals surface area contributed by atoms with Crippen LogP contribution in [0.1, 0.15) is 37.8 Å². The van der Waals surface area contributed by atoms with Gasteiger partial charge in [-0.15, -0.1) is 5.10 Å². The van der Waals surface area contributed by atoms with E-state index in [9.17, 15) is 22.8 Å². The first-order valence-electron chi connectivity index (χ1n) is 14.2. The number of ether oxygens (including phenoxy) is 2. The number of alkyl halides is 3. The molecule has 1 saturated heterocycles. The zero-order valence-corrected chi connectivity index (χ0v) is 24.7. The number of hydrogen-bond donors (Lipinski definition) is 1. The molecule has 2 amide bonds. The number of anilines is 1. The van der Waals surface area contributed by atoms with E-state index >= 15 is 0 Å². The van der Waals surface area contributed by atoms with Crippen LogP contribution in [0.2, 0.25) is 0 Å². The Bertz CT molecular complexity index is 1590. The smallest absolute Gasteiger partial charge is 0.304 e. The molecule has 14 heteroatoms. The average Bonchev–Trinajstić information content (AvgIpc) is 3.41. The fourth-order valence-electron chi connectivity index (χ4n) is 4.84. The van der Waals surface area contributed by atoms with Gasteiger partial charge in [0.05, 0.1) is 19.3 Å². The van der Waals surface area contributed by atoms with Gasteiger partial charge in [-0.2, -0.15) is 4.39 Å². The molecule has 1 atom stereocenters. The second-order valence-corrected chi connectivity index (χ2v) is 10.4. The highest BCUT2D eigenvalue weighted by Crippen LogP contribution is 2.20. The van der Waals surface area contributed by atoms with Crippen molar-refractivity contribution in [2.24, 2.45) is 0 Å². The maximum Gasteiger partial charge on any atom is 0.304 e. The molecule has 45 heavy (non-hydrogen) atoms. The summed E-state index contributed by atoms with van der Waals surface area (Å²) in [5, 5.41) is 11.1. The number of carbonyl (C=O) groups is 2. The molecule has 2 aromatic carbocycles. The van der Waals surface area contributed by atoms with Crippen LogP contribution in [0.4, 0.5) is 18.9 Å². The summed E-state index contributed by atoms with van der Waals surface area (Å²) >= 11 is 0. The van der Waals surface area contributed by atoms with Gasteiger partial charge in [-0.25, -0.2) is 13.5 Å². The number of rotatable bonds is 11. The van der Waals surface area contributed by atoms with E-state index in [4.69, 9.17) is 4.74 Å². The molecular weight excluding hydrogens is 591 g/mol. The zero-order chi connectivity index (χ0) is 31.9. The minimum absolute atomic E-state index is 0.0319. The standard InChI is InChI=1S/C31H32F3N7O4/c1-20-27(31(43)40-15-13-39(14-16-40)18-21-3-8-25(9-4-21)45-29(34)28(32)33)41(38-37-20)19-22-5-12-26(35-17-22)30(42)36-23-6-10-24(44-2)11-7-23/h3-12,17,28-29H,13-16,18-19H2,1-2H3,(H,36,42). The summed E-state index contributed by atoms with van der Waals surface area (Å²) in [6.45, 7) is 4.77. The van der Waals surface area contributed by atoms with Crippen LogP contribution in [0.25, 0.3) is 0 Å². The average molecular weight is 624 g/mol. The van der Waals surface area contributed by atoms with Crippen molar-refractivity contribution in [2.75, 3.05) is 38.6 Å². The molecule has 2 aromatic heterocycles. The maximum atomic E-state index is 13.5. The molecule has 3 heterocycles. The van der Waals surface area contributed by atoms with E-state index in [2.05, 4.69) is 30.2 Å². The lowest BCUT2D eigenvalue weighted by atomic mass is 10.2. The minimum Gasteiger partial charge on any atom is -0.497 e. The highest BCUT2D eigenvalue weighted by molar-refractivity contribution is 6.02. The van der Waals surface area contributed by atoms with Gasteiger partial charge in [0.2, 0.25) is 0 Å². The predicted molar refractivity (Wildman–Crippen MR) is 158 cm³/mol. The molecule has 11 nitrogen and oxygen atoms in total. The van der Waals surface area contributed by atoms with E-state index in [0.29, 0.717) is 55.5 Å². The van der Waals surface area contributed by atoms with Crippen molar-refractivity contribution in [1.82, 2.24) is 29.8 Å². The summed E-state index contributed by atoms with van der Waals surface area (Å²) in [6.07, 6.45) is -4.31. The van der Waals surface area contributed by atoms with Gasteiger partial charge in [0.15, 0.2) is 0 Å². The van der Waals surface area contributed by atoms with Gasteiger partial charge >= 0.3 is 6.43 Å². The van der Waals surface area contributed by atoms with Gasteiger partial charge < -0.3 is 19.7 Å². The van der Waals surface area contributed by atoms with E-state index < -0.39 is 12.8 Å². The summed E-state index contributed by atoms with van der Waals surface area (Å²) in [7, 11) is 1.57. The van der Waals surface area contributed by atoms with E-state index in [1.807, 2.05) is 0 Å². The SMILES string of the molecule is COc1ccc(NC(=O)c2ccc(Cn3nnc(C)c3C(=O)N3CCN(Cc4ccc(OC(F)C(F)F)cc4)CC3)cn2)cc1. The lowest BCUT2D eigenvalue weighted by Crippen LogP contribution is -2.48. The number of benzene rings is 2. The Morgan fingerprint density at radius 1 is 0.889 bits per heavy atom. The third-order valence-electron chi connectivity index (χ3n) is 7.28. The molecule has 0 bridgehead atoms. The van der Waals surface area contributed by atoms with Crippen molar-refractivity contribution in [3.8, 4) is 11.5 Å². The molecule has 0 spiro atoms. The Hall–Kier alpha value is -4.98. The van der Waals surface area contributed by atoms with E-state index in [-0.39, 0.29) is 29.8 Å². The molecule has 1 fully saturated rings. The molecular formula is C31H32F3N7O4. The largest absolute Gasteiger partial charge is 0.497 e. The molecule has 0 saturated carbocycles. The van der Waals surface area contributed by atoms with Gasteiger partial charge in [-0.1, -0.05) is 23.4 Å². The molecule has 0 aliphatic carbocycles. The van der Waals surface area contributed by atoms with Crippen LogP contribution < -0.4 is 14.8 Å². The zero-order valence-electron chi connectivity index (χ0n) is 24.7. The van der Waals surface area contributed by atoms with Crippen LogP contribution in [0.15, 0.2) is 66.9 Å². The van der Waals surface area contributed by atoms with Gasteiger partial charge in [0.25, 0.3) is 18.2 Å². The van der Waals surface area contributed by atoms with E-state index in [0.717, 1.165) is 11.1 Å². The Balaban J connectivity index is 1.14. The van der Waals surface area contributed by atoms with Crippen LogP contribution >= 0.6 is 0 Å². The fraction of sp³-hybridized carbons (Fsp3) is 0.323. The molecule has 1 unspecified atom stereocenters. The van der Waals surface area contributed by atoms with Crippen molar-refractivity contribution < 1.29 is 32.2 Å². The maximum absolute atomic E-state index is 13.5. The second kappa shape index (κ2) is 14.2. The fourth-order valence-corrected chi connectivity index (χ4v) is 4.84. The number of nitrogens with zero attached hydrogens (tertiary/aromatic N) is 6. The summed E-state index contributed by atoms with van der Waals surface area (Å²) in [4.78, 5) is 34.4. The first-order valence-corrected chi connectivity index (χ1v) is 14.2. The Morgan fingerprint density at radius 3 is 2.18 bits per heavy atom. The van der Waals surface area contributed by atoms with Gasteiger partial charge in [-0.05, 0) is 60.5 Å². The molecule has 4 aromatic rings. The van der Waals surface area contributed by atoms with Crippen molar-refractivity contribution >= 4 is 17.5 Å². The van der Waals surface area contributed by atoms with E-state index in [1.54, 1.807) is 73.7 Å². The van der Waals surface area contributed by atoms with Gasteiger partial charge in [0.1, 0.15) is 22.9 Å². The van der Waals surface area contributed by atoms with Gasteiger partial charge in [0, 0.05) is 44.6 Å². The molecule has 1 aliphatic rings. The first kappa shape index (κ1) is 31.4. The summed E-state index contributed by atoms with van der Waals surface area (Å²) in [6, 6.07) is 16.7. The van der Waals surface area contributed by atoms with Crippen LogP contribution in [-0.2, 0) is 13.1 Å².